The number of hydrogen-bond acceptors (Lipinski definition) is 1. The average Bonchev–Trinajstić information content (AvgIpc) is 2.30. The number of nitrogens with zero attached hydrogens (tertiary/aromatic N) is 1. The molecule has 1 rings (SSSR count). The predicted octanol–water partition coefficient (Wildman–Crippen LogP) is 3.22. The first-order valence-electron chi connectivity index (χ1n) is 6.47. The van der Waals surface area contributed by atoms with Crippen LogP contribution in [0.3, 0.4) is 0 Å². The summed E-state index contributed by atoms with van der Waals surface area (Å²) in [6.07, 6.45) is 0. The van der Waals surface area contributed by atoms with Crippen LogP contribution in [0.4, 0.5) is 0 Å². The van der Waals surface area contributed by atoms with E-state index in [0.29, 0.717) is 0 Å². The fourth-order valence-electron chi connectivity index (χ4n) is 2.57. The Kier molecular flexibility index (Phi) is 5.60. The second-order valence-electron chi connectivity index (χ2n) is 5.14. The first-order chi connectivity index (χ1) is 7.95. The topological polar surface area (TPSA) is 3.24 Å². The molecule has 0 saturated carbocycles. The molecule has 1 aromatic carbocycles. The van der Waals surface area contributed by atoms with Crippen LogP contribution >= 0.6 is 0 Å². The van der Waals surface area contributed by atoms with Crippen molar-refractivity contribution < 1.29 is 0 Å². The third-order valence-electron chi connectivity index (χ3n) is 3.60. The van der Waals surface area contributed by atoms with E-state index in [1.54, 1.807) is 8.83 Å². The zero-order chi connectivity index (χ0) is 13.1. The summed E-state index contributed by atoms with van der Waals surface area (Å²) in [6.45, 7) is 11.5. The van der Waals surface area contributed by atoms with Gasteiger partial charge in [-0.25, -0.2) is 0 Å². The van der Waals surface area contributed by atoms with Gasteiger partial charge in [-0.05, 0) is 0 Å². The molecular weight excluding hydrogens is 403 g/mol. The van der Waals surface area contributed by atoms with E-state index in [1.165, 1.54) is 0 Å². The predicted molar refractivity (Wildman–Crippen MR) is 79.5 cm³/mol. The van der Waals surface area contributed by atoms with Crippen molar-refractivity contribution in [3.05, 3.63) is 29.8 Å². The van der Waals surface area contributed by atoms with E-state index < -0.39 is 21.8 Å². The van der Waals surface area contributed by atoms with E-state index >= 15 is 0 Å². The zero-order valence-corrected chi connectivity index (χ0v) is 15.6. The standard InChI is InChI=1S/C13H20N.2CH3.Bi/c1-5-14(6-2)13(3,4)12-10-8-7-9-11-12;;;/h7-10H,5-6H2,1-4H3;2*1H3;. The van der Waals surface area contributed by atoms with Crippen LogP contribution < -0.4 is 3.27 Å². The van der Waals surface area contributed by atoms with Crippen LogP contribution in [-0.2, 0) is 5.54 Å². The van der Waals surface area contributed by atoms with Crippen molar-refractivity contribution >= 4 is 25.0 Å². The van der Waals surface area contributed by atoms with Crippen LogP contribution in [0.5, 0.6) is 0 Å². The molecule has 2 heteroatoms. The van der Waals surface area contributed by atoms with E-state index in [1.807, 2.05) is 0 Å². The molecule has 0 aromatic heterocycles. The Balaban J connectivity index is 3.22. The van der Waals surface area contributed by atoms with Crippen LogP contribution in [0.1, 0.15) is 33.3 Å². The summed E-state index contributed by atoms with van der Waals surface area (Å²) in [6, 6.07) is 9.09. The summed E-state index contributed by atoms with van der Waals surface area (Å²) in [5.74, 6) is 0. The van der Waals surface area contributed by atoms with Crippen molar-refractivity contribution in [1.29, 1.82) is 0 Å². The summed E-state index contributed by atoms with van der Waals surface area (Å²) < 4.78 is 6.64. The molecule has 1 aromatic rings. The minimum absolute atomic E-state index is 0.166. The Bertz CT molecular complexity index is 354. The quantitative estimate of drug-likeness (QED) is 0.650. The molecule has 0 radical (unpaired) electrons. The van der Waals surface area contributed by atoms with Crippen LogP contribution in [-0.4, -0.2) is 39.7 Å². The molecule has 0 bridgehead atoms. The van der Waals surface area contributed by atoms with Crippen molar-refractivity contribution in [1.82, 2.24) is 4.90 Å². The summed E-state index contributed by atoms with van der Waals surface area (Å²) in [7, 11) is 0. The van der Waals surface area contributed by atoms with Crippen LogP contribution in [0, 0.1) is 0 Å². The molecule has 0 fully saturated rings. The molecule has 0 heterocycles. The SMILES string of the molecule is CCN(CC)C(C)(C)c1cccc[c]1[Bi]([CH3])[CH3]. The minimum atomic E-state index is -1.38. The molecule has 0 aliphatic carbocycles. The molecule has 1 nitrogen and oxygen atoms in total. The van der Waals surface area contributed by atoms with Crippen molar-refractivity contribution in [3.8, 4) is 0 Å². The number of benzene rings is 1. The molecule has 17 heavy (non-hydrogen) atoms. The monoisotopic (exact) mass is 429 g/mol. The second-order valence-corrected chi connectivity index (χ2v) is 14.0. The van der Waals surface area contributed by atoms with Crippen LogP contribution in [0.2, 0.25) is 9.26 Å². The van der Waals surface area contributed by atoms with Gasteiger partial charge >= 0.3 is 115 Å². The maximum absolute atomic E-state index is 2.55. The fourth-order valence-corrected chi connectivity index (χ4v) is 7.29. The van der Waals surface area contributed by atoms with Crippen LogP contribution in [0.25, 0.3) is 0 Å². The maximum atomic E-state index is 2.55. The van der Waals surface area contributed by atoms with E-state index in [4.69, 9.17) is 0 Å². The normalized spacial score (nSPS) is 12.5. The zero-order valence-electron chi connectivity index (χ0n) is 12.1. The van der Waals surface area contributed by atoms with Crippen LogP contribution in [0.15, 0.2) is 24.3 Å². The van der Waals surface area contributed by atoms with E-state index in [9.17, 15) is 0 Å². The third-order valence-corrected chi connectivity index (χ3v) is 8.86. The molecule has 0 aliphatic heterocycles. The van der Waals surface area contributed by atoms with Gasteiger partial charge in [0, 0.05) is 0 Å². The summed E-state index contributed by atoms with van der Waals surface area (Å²) in [5.41, 5.74) is 1.73. The summed E-state index contributed by atoms with van der Waals surface area (Å²) in [5, 5.41) is 0. The molecule has 0 atom stereocenters. The molecule has 0 unspecified atom stereocenters. The molecule has 0 spiro atoms. The fraction of sp³-hybridized carbons (Fsp3) is 0.600. The molecular formula is C15H26BiN. The third kappa shape index (κ3) is 3.29. The van der Waals surface area contributed by atoms with Gasteiger partial charge in [-0.3, -0.25) is 0 Å². The molecule has 0 aliphatic rings. The molecule has 0 saturated heterocycles. The average molecular weight is 429 g/mol. The van der Waals surface area contributed by atoms with Crippen molar-refractivity contribution in [2.45, 2.75) is 42.5 Å². The van der Waals surface area contributed by atoms with Gasteiger partial charge in [-0.1, -0.05) is 0 Å². The van der Waals surface area contributed by atoms with Gasteiger partial charge in [0.2, 0.25) is 0 Å². The van der Waals surface area contributed by atoms with Gasteiger partial charge in [-0.15, -0.1) is 0 Å². The number of rotatable bonds is 5. The first kappa shape index (κ1) is 15.1. The Labute approximate surface area is 115 Å². The van der Waals surface area contributed by atoms with Gasteiger partial charge in [0.05, 0.1) is 0 Å². The molecule has 0 amide bonds. The van der Waals surface area contributed by atoms with Crippen molar-refractivity contribution in [2.75, 3.05) is 13.1 Å². The number of hydrogen-bond donors (Lipinski definition) is 0. The molecule has 96 valence electrons. The van der Waals surface area contributed by atoms with Crippen molar-refractivity contribution in [2.24, 2.45) is 0 Å². The second kappa shape index (κ2) is 6.29. The van der Waals surface area contributed by atoms with E-state index in [-0.39, 0.29) is 5.54 Å². The van der Waals surface area contributed by atoms with Gasteiger partial charge in [0.1, 0.15) is 0 Å². The van der Waals surface area contributed by atoms with Gasteiger partial charge in [0.15, 0.2) is 0 Å². The van der Waals surface area contributed by atoms with Gasteiger partial charge in [-0.2, -0.15) is 0 Å². The van der Waals surface area contributed by atoms with Gasteiger partial charge in [0.25, 0.3) is 0 Å². The van der Waals surface area contributed by atoms with Crippen molar-refractivity contribution in [3.63, 3.8) is 0 Å². The van der Waals surface area contributed by atoms with E-state index in [0.717, 1.165) is 13.1 Å². The Hall–Kier alpha value is 0.0631. The summed E-state index contributed by atoms with van der Waals surface area (Å²) in [4.78, 5) is 2.55. The summed E-state index contributed by atoms with van der Waals surface area (Å²) >= 11 is -1.38. The Morgan fingerprint density at radius 3 is 2.06 bits per heavy atom. The first-order valence-corrected chi connectivity index (χ1v) is 15.2. The molecule has 0 N–H and O–H groups in total. The van der Waals surface area contributed by atoms with Gasteiger partial charge < -0.3 is 0 Å². The Morgan fingerprint density at radius 2 is 1.59 bits per heavy atom. The Morgan fingerprint density at radius 1 is 1.06 bits per heavy atom. The van der Waals surface area contributed by atoms with E-state index in [2.05, 4.69) is 66.1 Å².